The maximum absolute atomic E-state index is 3.84. The van der Waals surface area contributed by atoms with Gasteiger partial charge in [-0.25, -0.2) is 0 Å². The Morgan fingerprint density at radius 1 is 1.05 bits per heavy atom. The number of nitrogens with one attached hydrogen (secondary N) is 1. The van der Waals surface area contributed by atoms with E-state index >= 15 is 0 Å². The molecule has 1 N–H and O–H groups in total. The van der Waals surface area contributed by atoms with Gasteiger partial charge in [0, 0.05) is 12.1 Å². The molecule has 0 radical (unpaired) electrons. The largest absolute Gasteiger partial charge is 0.307 e. The standard InChI is InChI=1S/C19H32N2/c1-5-21-13-6-7-19(12-14-21)20-16(4)18-10-8-17(9-11-18)15(2)3/h8-11,15-16,19-20H,5-7,12-14H2,1-4H3. The SMILES string of the molecule is CCN1CCCC(NC(C)c2ccc(C(C)C)cc2)CC1. The van der Waals surface area contributed by atoms with E-state index in [2.05, 4.69) is 62.2 Å². The van der Waals surface area contributed by atoms with Gasteiger partial charge in [0.1, 0.15) is 0 Å². The molecule has 1 fully saturated rings. The maximum Gasteiger partial charge on any atom is 0.0294 e. The van der Waals surface area contributed by atoms with Crippen molar-refractivity contribution >= 4 is 0 Å². The van der Waals surface area contributed by atoms with Crippen LogP contribution in [-0.2, 0) is 0 Å². The van der Waals surface area contributed by atoms with Crippen LogP contribution in [0.2, 0.25) is 0 Å². The Bertz CT molecular complexity index is 410. The van der Waals surface area contributed by atoms with Gasteiger partial charge >= 0.3 is 0 Å². The molecule has 2 nitrogen and oxygen atoms in total. The van der Waals surface area contributed by atoms with Crippen LogP contribution in [0.4, 0.5) is 0 Å². The van der Waals surface area contributed by atoms with Crippen LogP contribution in [0.15, 0.2) is 24.3 Å². The molecule has 1 aromatic rings. The Morgan fingerprint density at radius 3 is 2.33 bits per heavy atom. The smallest absolute Gasteiger partial charge is 0.0294 e. The van der Waals surface area contributed by atoms with E-state index in [-0.39, 0.29) is 0 Å². The topological polar surface area (TPSA) is 15.3 Å². The zero-order valence-electron chi connectivity index (χ0n) is 14.2. The molecule has 21 heavy (non-hydrogen) atoms. The fourth-order valence-corrected chi connectivity index (χ4v) is 3.26. The lowest BCUT2D eigenvalue weighted by Crippen LogP contribution is -2.33. The Labute approximate surface area is 130 Å². The number of benzene rings is 1. The van der Waals surface area contributed by atoms with Crippen molar-refractivity contribution in [3.05, 3.63) is 35.4 Å². The summed E-state index contributed by atoms with van der Waals surface area (Å²) in [4.78, 5) is 2.57. The van der Waals surface area contributed by atoms with Crippen molar-refractivity contribution in [3.8, 4) is 0 Å². The molecule has 0 spiro atoms. The Balaban J connectivity index is 1.89. The molecule has 118 valence electrons. The minimum Gasteiger partial charge on any atom is -0.307 e. The average Bonchev–Trinajstić information content (AvgIpc) is 2.72. The number of nitrogens with zero attached hydrogens (tertiary/aromatic N) is 1. The van der Waals surface area contributed by atoms with Crippen LogP contribution in [0.25, 0.3) is 0 Å². The van der Waals surface area contributed by atoms with Crippen LogP contribution < -0.4 is 5.32 Å². The second-order valence-corrected chi connectivity index (χ2v) is 6.77. The van der Waals surface area contributed by atoms with E-state index in [1.807, 2.05) is 0 Å². The van der Waals surface area contributed by atoms with Crippen molar-refractivity contribution in [2.75, 3.05) is 19.6 Å². The summed E-state index contributed by atoms with van der Waals surface area (Å²) in [5, 5.41) is 3.84. The van der Waals surface area contributed by atoms with Crippen LogP contribution in [0.3, 0.4) is 0 Å². The molecule has 0 aliphatic carbocycles. The van der Waals surface area contributed by atoms with Crippen molar-refractivity contribution in [2.24, 2.45) is 0 Å². The summed E-state index contributed by atoms with van der Waals surface area (Å²) in [6.07, 6.45) is 3.91. The van der Waals surface area contributed by atoms with Crippen molar-refractivity contribution in [1.82, 2.24) is 10.2 Å². The minimum absolute atomic E-state index is 0.449. The quantitative estimate of drug-likeness (QED) is 0.867. The highest BCUT2D eigenvalue weighted by Crippen LogP contribution is 2.20. The summed E-state index contributed by atoms with van der Waals surface area (Å²) in [5.74, 6) is 0.615. The lowest BCUT2D eigenvalue weighted by Gasteiger charge is -2.23. The first-order valence-corrected chi connectivity index (χ1v) is 8.68. The van der Waals surface area contributed by atoms with Gasteiger partial charge in [-0.2, -0.15) is 0 Å². The molecule has 0 aromatic heterocycles. The molecule has 1 aromatic carbocycles. The summed E-state index contributed by atoms with van der Waals surface area (Å²) in [6.45, 7) is 12.8. The molecule has 0 bridgehead atoms. The molecule has 0 amide bonds. The molecule has 2 rings (SSSR count). The van der Waals surface area contributed by atoms with E-state index in [0.717, 1.165) is 0 Å². The summed E-state index contributed by atoms with van der Waals surface area (Å²) < 4.78 is 0. The van der Waals surface area contributed by atoms with Gasteiger partial charge in [0.05, 0.1) is 0 Å². The van der Waals surface area contributed by atoms with E-state index in [4.69, 9.17) is 0 Å². The summed E-state index contributed by atoms with van der Waals surface area (Å²) in [5.41, 5.74) is 2.84. The Hall–Kier alpha value is -0.860. The average molecular weight is 288 g/mol. The third-order valence-corrected chi connectivity index (χ3v) is 4.86. The highest BCUT2D eigenvalue weighted by atomic mass is 15.1. The lowest BCUT2D eigenvalue weighted by atomic mass is 9.99. The number of likely N-dealkylation sites (tertiary alicyclic amines) is 1. The highest BCUT2D eigenvalue weighted by Gasteiger charge is 2.18. The first-order valence-electron chi connectivity index (χ1n) is 8.68. The third-order valence-electron chi connectivity index (χ3n) is 4.86. The highest BCUT2D eigenvalue weighted by molar-refractivity contribution is 5.26. The molecule has 1 heterocycles. The first kappa shape index (κ1) is 16.5. The van der Waals surface area contributed by atoms with Crippen molar-refractivity contribution in [2.45, 2.75) is 65.0 Å². The fraction of sp³-hybridized carbons (Fsp3) is 0.684. The molecular formula is C19H32N2. The zero-order chi connectivity index (χ0) is 15.2. The van der Waals surface area contributed by atoms with Crippen LogP contribution in [0.1, 0.15) is 70.0 Å². The van der Waals surface area contributed by atoms with Crippen LogP contribution >= 0.6 is 0 Å². The molecule has 2 heteroatoms. The molecule has 1 aliphatic heterocycles. The third kappa shape index (κ3) is 4.82. The molecule has 2 atom stereocenters. The van der Waals surface area contributed by atoms with Gasteiger partial charge in [-0.05, 0) is 62.9 Å². The first-order chi connectivity index (χ1) is 10.1. The van der Waals surface area contributed by atoms with Gasteiger partial charge in [0.25, 0.3) is 0 Å². The second-order valence-electron chi connectivity index (χ2n) is 6.77. The summed E-state index contributed by atoms with van der Waals surface area (Å²) >= 11 is 0. The Kier molecular flexibility index (Phi) is 6.25. The van der Waals surface area contributed by atoms with E-state index < -0.39 is 0 Å². The Morgan fingerprint density at radius 2 is 1.71 bits per heavy atom. The van der Waals surface area contributed by atoms with Crippen molar-refractivity contribution in [1.29, 1.82) is 0 Å². The molecule has 1 aliphatic rings. The predicted octanol–water partition coefficient (Wildman–Crippen LogP) is 4.34. The van der Waals surface area contributed by atoms with Crippen LogP contribution in [0.5, 0.6) is 0 Å². The van der Waals surface area contributed by atoms with E-state index in [9.17, 15) is 0 Å². The van der Waals surface area contributed by atoms with E-state index in [1.165, 1.54) is 50.0 Å². The zero-order valence-corrected chi connectivity index (χ0v) is 14.2. The van der Waals surface area contributed by atoms with Gasteiger partial charge in [0.2, 0.25) is 0 Å². The lowest BCUT2D eigenvalue weighted by molar-refractivity contribution is 0.295. The number of hydrogen-bond donors (Lipinski definition) is 1. The monoisotopic (exact) mass is 288 g/mol. The summed E-state index contributed by atoms with van der Waals surface area (Å²) in [6, 6.07) is 10.3. The van der Waals surface area contributed by atoms with Gasteiger partial charge in [-0.1, -0.05) is 45.0 Å². The van der Waals surface area contributed by atoms with Crippen LogP contribution in [0, 0.1) is 0 Å². The van der Waals surface area contributed by atoms with E-state index in [1.54, 1.807) is 0 Å². The van der Waals surface area contributed by atoms with E-state index in [0.29, 0.717) is 18.0 Å². The van der Waals surface area contributed by atoms with Gasteiger partial charge in [0.15, 0.2) is 0 Å². The second kappa shape index (κ2) is 7.95. The van der Waals surface area contributed by atoms with Crippen molar-refractivity contribution < 1.29 is 0 Å². The molecular weight excluding hydrogens is 256 g/mol. The normalized spacial score (nSPS) is 22.2. The van der Waals surface area contributed by atoms with Gasteiger partial charge in [-0.3, -0.25) is 0 Å². The maximum atomic E-state index is 3.84. The number of rotatable bonds is 5. The summed E-state index contributed by atoms with van der Waals surface area (Å²) in [7, 11) is 0. The predicted molar refractivity (Wildman–Crippen MR) is 91.8 cm³/mol. The van der Waals surface area contributed by atoms with Gasteiger partial charge < -0.3 is 10.2 Å². The molecule has 1 saturated heterocycles. The molecule has 2 unspecified atom stereocenters. The van der Waals surface area contributed by atoms with Gasteiger partial charge in [-0.15, -0.1) is 0 Å². The fourth-order valence-electron chi connectivity index (χ4n) is 3.26. The number of hydrogen-bond acceptors (Lipinski definition) is 2. The minimum atomic E-state index is 0.449. The molecule has 0 saturated carbocycles. The van der Waals surface area contributed by atoms with Crippen LogP contribution in [-0.4, -0.2) is 30.6 Å². The van der Waals surface area contributed by atoms with Crippen molar-refractivity contribution in [3.63, 3.8) is 0 Å².